The normalized spacial score (nSPS) is 12.0. The number of benzene rings is 2. The molecule has 3 rings (SSSR count). The molecule has 0 bridgehead atoms. The van der Waals surface area contributed by atoms with Gasteiger partial charge in [-0.25, -0.2) is 4.79 Å². The number of hydrogen-bond donors (Lipinski definition) is 1. The Bertz CT molecular complexity index is 1070. The molecule has 2 aromatic carbocycles. The molecule has 0 saturated heterocycles. The zero-order valence-electron chi connectivity index (χ0n) is 18.5. The van der Waals surface area contributed by atoms with Crippen LogP contribution in [0.25, 0.3) is 0 Å². The molecule has 1 heterocycles. The Morgan fingerprint density at radius 1 is 0.938 bits per heavy atom. The van der Waals surface area contributed by atoms with E-state index < -0.39 is 23.5 Å². The highest BCUT2D eigenvalue weighted by molar-refractivity contribution is 6.09. The van der Waals surface area contributed by atoms with Crippen molar-refractivity contribution in [2.45, 2.75) is 32.4 Å². The van der Waals surface area contributed by atoms with Crippen molar-refractivity contribution in [1.82, 2.24) is 5.32 Å². The Hall–Kier alpha value is -3.87. The molecule has 7 heteroatoms. The van der Waals surface area contributed by atoms with E-state index >= 15 is 0 Å². The maximum atomic E-state index is 13.5. The fraction of sp³-hybridized carbons (Fsp3) is 0.240. The van der Waals surface area contributed by atoms with Crippen molar-refractivity contribution in [2.75, 3.05) is 12.0 Å². The van der Waals surface area contributed by atoms with Gasteiger partial charge in [0.05, 0.1) is 18.9 Å². The van der Waals surface area contributed by atoms with Crippen LogP contribution in [0.15, 0.2) is 77.4 Å². The van der Waals surface area contributed by atoms with Gasteiger partial charge in [-0.2, -0.15) is 0 Å². The Morgan fingerprint density at radius 2 is 1.59 bits per heavy atom. The summed E-state index contributed by atoms with van der Waals surface area (Å²) < 4.78 is 10.1. The van der Waals surface area contributed by atoms with Gasteiger partial charge in [0.15, 0.2) is 5.76 Å². The average molecular weight is 434 g/mol. The maximum absolute atomic E-state index is 13.5. The van der Waals surface area contributed by atoms with Crippen molar-refractivity contribution in [2.24, 2.45) is 0 Å². The molecular weight excluding hydrogens is 408 g/mol. The van der Waals surface area contributed by atoms with Crippen LogP contribution in [0.5, 0.6) is 0 Å². The minimum absolute atomic E-state index is 0.0894. The summed E-state index contributed by atoms with van der Waals surface area (Å²) in [5.74, 6) is -1.24. The second-order valence-corrected chi connectivity index (χ2v) is 8.24. The molecular formula is C25H26N2O5. The van der Waals surface area contributed by atoms with Crippen LogP contribution in [0, 0.1) is 0 Å². The number of ether oxygens (including phenoxy) is 1. The van der Waals surface area contributed by atoms with Crippen molar-refractivity contribution in [1.29, 1.82) is 0 Å². The number of carbonyl (C=O) groups is 3. The molecule has 0 radical (unpaired) electrons. The molecule has 1 aromatic heterocycles. The molecule has 0 aliphatic carbocycles. The molecule has 0 aliphatic rings. The first kappa shape index (κ1) is 22.8. The lowest BCUT2D eigenvalue weighted by Gasteiger charge is -2.33. The topological polar surface area (TPSA) is 88.8 Å². The first-order valence-corrected chi connectivity index (χ1v) is 10.1. The van der Waals surface area contributed by atoms with E-state index in [-0.39, 0.29) is 11.7 Å². The summed E-state index contributed by atoms with van der Waals surface area (Å²) in [5.41, 5.74) is 0.873. The summed E-state index contributed by atoms with van der Waals surface area (Å²) in [6.07, 6.45) is 1.40. The third-order valence-corrected chi connectivity index (χ3v) is 4.64. The van der Waals surface area contributed by atoms with Crippen LogP contribution in [0.3, 0.4) is 0 Å². The van der Waals surface area contributed by atoms with E-state index in [0.29, 0.717) is 16.8 Å². The number of nitrogens with one attached hydrogen (secondary N) is 1. The SMILES string of the molecule is COC(=O)c1ccc(N(C(=O)c2ccco2)[C@H](C(=O)NC(C)(C)C)c2ccccc2)cc1. The Labute approximate surface area is 187 Å². The number of amides is 2. The predicted octanol–water partition coefficient (Wildman–Crippen LogP) is 4.37. The van der Waals surface area contributed by atoms with Gasteiger partial charge < -0.3 is 14.5 Å². The second-order valence-electron chi connectivity index (χ2n) is 8.24. The summed E-state index contributed by atoms with van der Waals surface area (Å²) in [6, 6.07) is 17.5. The smallest absolute Gasteiger partial charge is 0.337 e. The summed E-state index contributed by atoms with van der Waals surface area (Å²) in [4.78, 5) is 40.2. The Kier molecular flexibility index (Phi) is 6.78. The van der Waals surface area contributed by atoms with Crippen LogP contribution in [0.4, 0.5) is 5.69 Å². The van der Waals surface area contributed by atoms with Crippen LogP contribution in [0.1, 0.15) is 53.3 Å². The van der Waals surface area contributed by atoms with E-state index in [1.165, 1.54) is 18.3 Å². The monoisotopic (exact) mass is 434 g/mol. The van der Waals surface area contributed by atoms with Crippen LogP contribution < -0.4 is 10.2 Å². The molecule has 0 aliphatic heterocycles. The highest BCUT2D eigenvalue weighted by atomic mass is 16.5. The zero-order chi connectivity index (χ0) is 23.3. The van der Waals surface area contributed by atoms with E-state index in [9.17, 15) is 14.4 Å². The van der Waals surface area contributed by atoms with Gasteiger partial charge in [-0.05, 0) is 62.7 Å². The van der Waals surface area contributed by atoms with E-state index in [1.807, 2.05) is 39.0 Å². The first-order valence-electron chi connectivity index (χ1n) is 10.1. The van der Waals surface area contributed by atoms with E-state index in [4.69, 9.17) is 9.15 Å². The summed E-state index contributed by atoms with van der Waals surface area (Å²) in [6.45, 7) is 5.62. The van der Waals surface area contributed by atoms with E-state index in [0.717, 1.165) is 0 Å². The van der Waals surface area contributed by atoms with Crippen molar-refractivity contribution < 1.29 is 23.5 Å². The fourth-order valence-electron chi connectivity index (χ4n) is 3.27. The molecule has 0 fully saturated rings. The van der Waals surface area contributed by atoms with E-state index in [1.54, 1.807) is 48.5 Å². The molecule has 2 amide bonds. The standard InChI is InChI=1S/C25H26N2O5/c1-25(2,3)26-22(28)21(17-9-6-5-7-10-17)27(23(29)20-11-8-16-32-20)19-14-12-18(13-15-19)24(30)31-4/h5-16,21H,1-4H3,(H,26,28)/t21-/m0/s1. The number of carbonyl (C=O) groups excluding carboxylic acids is 3. The van der Waals surface area contributed by atoms with Gasteiger partial charge in [0.2, 0.25) is 5.91 Å². The van der Waals surface area contributed by atoms with Crippen LogP contribution in [-0.4, -0.2) is 30.4 Å². The highest BCUT2D eigenvalue weighted by Gasteiger charge is 2.35. The largest absolute Gasteiger partial charge is 0.465 e. The number of nitrogens with zero attached hydrogens (tertiary/aromatic N) is 1. The molecule has 3 aromatic rings. The second kappa shape index (κ2) is 9.51. The van der Waals surface area contributed by atoms with Crippen molar-refractivity contribution in [3.05, 3.63) is 89.9 Å². The molecule has 0 unspecified atom stereocenters. The van der Waals surface area contributed by atoms with Gasteiger partial charge in [0.1, 0.15) is 6.04 Å². The summed E-state index contributed by atoms with van der Waals surface area (Å²) in [7, 11) is 1.30. The van der Waals surface area contributed by atoms with Gasteiger partial charge in [-0.3, -0.25) is 14.5 Å². The molecule has 32 heavy (non-hydrogen) atoms. The van der Waals surface area contributed by atoms with Gasteiger partial charge in [0.25, 0.3) is 5.91 Å². The van der Waals surface area contributed by atoms with Gasteiger partial charge in [-0.1, -0.05) is 30.3 Å². The van der Waals surface area contributed by atoms with Crippen molar-refractivity contribution >= 4 is 23.5 Å². The number of methoxy groups -OCH3 is 1. The van der Waals surface area contributed by atoms with Crippen LogP contribution >= 0.6 is 0 Å². The minimum Gasteiger partial charge on any atom is -0.465 e. The number of hydrogen-bond acceptors (Lipinski definition) is 5. The lowest BCUT2D eigenvalue weighted by molar-refractivity contribution is -0.123. The zero-order valence-corrected chi connectivity index (χ0v) is 18.5. The van der Waals surface area contributed by atoms with Gasteiger partial charge in [-0.15, -0.1) is 0 Å². The quantitative estimate of drug-likeness (QED) is 0.582. The van der Waals surface area contributed by atoms with Crippen molar-refractivity contribution in [3.63, 3.8) is 0 Å². The van der Waals surface area contributed by atoms with E-state index in [2.05, 4.69) is 5.32 Å². The predicted molar refractivity (Wildman–Crippen MR) is 120 cm³/mol. The third-order valence-electron chi connectivity index (χ3n) is 4.64. The van der Waals surface area contributed by atoms with Crippen LogP contribution in [0.2, 0.25) is 0 Å². The fourth-order valence-corrected chi connectivity index (χ4v) is 3.27. The third kappa shape index (κ3) is 5.24. The summed E-state index contributed by atoms with van der Waals surface area (Å²) >= 11 is 0. The molecule has 7 nitrogen and oxygen atoms in total. The van der Waals surface area contributed by atoms with Gasteiger partial charge in [0, 0.05) is 11.2 Å². The summed E-state index contributed by atoms with van der Waals surface area (Å²) in [5, 5.41) is 2.97. The lowest BCUT2D eigenvalue weighted by atomic mass is 10.0. The highest BCUT2D eigenvalue weighted by Crippen LogP contribution is 2.31. The number of esters is 1. The lowest BCUT2D eigenvalue weighted by Crippen LogP contribution is -2.49. The van der Waals surface area contributed by atoms with Gasteiger partial charge >= 0.3 is 5.97 Å². The Morgan fingerprint density at radius 3 is 2.12 bits per heavy atom. The first-order chi connectivity index (χ1) is 15.2. The average Bonchev–Trinajstić information content (AvgIpc) is 3.31. The van der Waals surface area contributed by atoms with Crippen LogP contribution in [-0.2, 0) is 9.53 Å². The number of rotatable bonds is 6. The maximum Gasteiger partial charge on any atom is 0.337 e. The number of anilines is 1. The molecule has 0 spiro atoms. The minimum atomic E-state index is -0.975. The van der Waals surface area contributed by atoms with Crippen molar-refractivity contribution in [3.8, 4) is 0 Å². The molecule has 1 atom stereocenters. The number of furan rings is 1. The molecule has 0 saturated carbocycles. The molecule has 1 N–H and O–H groups in total. The molecule has 166 valence electrons. The Balaban J connectivity index is 2.14.